The molecule has 0 atom stereocenters. The molecule has 0 aliphatic rings. The van der Waals surface area contributed by atoms with Crippen LogP contribution in [-0.2, 0) is 10.1 Å². The minimum Gasteiger partial charge on any atom is -0.741 e. The first-order valence-electron chi connectivity index (χ1n) is 7.68. The lowest BCUT2D eigenvalue weighted by molar-refractivity contribution is -0.790. The second-order valence-electron chi connectivity index (χ2n) is 6.08. The number of halogens is 17. The molecule has 0 spiro atoms. The highest BCUT2D eigenvalue weighted by molar-refractivity contribution is 7.86. The molecule has 1 aromatic carbocycles. The van der Waals surface area contributed by atoms with E-state index in [-0.39, 0.29) is 0 Å². The molecule has 0 fully saturated rings. The summed E-state index contributed by atoms with van der Waals surface area (Å²) in [6.45, 7) is 1.43. The highest BCUT2D eigenvalue weighted by Crippen LogP contribution is 2.59. The van der Waals surface area contributed by atoms with Gasteiger partial charge in [-0.05, 0) is 19.1 Å². The van der Waals surface area contributed by atoms with E-state index >= 15 is 0 Å². The van der Waals surface area contributed by atoms with Crippen LogP contribution in [-0.4, -0.2) is 52.3 Å². The minimum atomic E-state index is -7.85. The van der Waals surface area contributed by atoms with Gasteiger partial charge in [-0.3, -0.25) is 0 Å². The van der Waals surface area contributed by atoms with Gasteiger partial charge in [-0.15, -0.1) is 0 Å². The topological polar surface area (TPSA) is 57.2 Å². The first kappa shape index (κ1) is 33.7. The van der Waals surface area contributed by atoms with E-state index in [1.54, 1.807) is 0 Å². The maximum Gasteiger partial charge on any atom is 0.516 e. The monoisotopic (exact) mass is 686 g/mol. The Morgan fingerprint density at radius 2 is 0.943 bits per heavy atom. The number of benzene rings is 1. The molecule has 0 saturated carbocycles. The fourth-order valence-corrected chi connectivity index (χ4v) is 3.72. The number of alkyl halides is 17. The van der Waals surface area contributed by atoms with Gasteiger partial charge in [-0.1, -0.05) is 17.7 Å². The van der Waals surface area contributed by atoms with Crippen molar-refractivity contribution in [2.45, 2.75) is 46.2 Å². The fourth-order valence-electron chi connectivity index (χ4n) is 1.54. The van der Waals surface area contributed by atoms with Crippen molar-refractivity contribution < 1.29 is 104 Å². The molecule has 1 aromatic rings. The zero-order valence-corrected chi connectivity index (χ0v) is 18.8. The molecule has 0 aliphatic carbocycles. The molecule has 0 bridgehead atoms. The Balaban J connectivity index is 0.00000124. The summed E-state index contributed by atoms with van der Waals surface area (Å²) in [4.78, 5) is 0. The number of rotatable bonds is 6. The fraction of sp³-hybridized carbons (Fsp3) is 0.571. The van der Waals surface area contributed by atoms with Crippen LogP contribution in [0.2, 0.25) is 0 Å². The molecule has 206 valence electrons. The van der Waals surface area contributed by atoms with E-state index in [1.807, 2.05) is 0 Å². The zero-order chi connectivity index (χ0) is 28.7. The summed E-state index contributed by atoms with van der Waals surface area (Å²) in [6, 6.07) is 3.75. The Bertz CT molecular complexity index is 967. The normalized spacial score (nSPS) is 14.9. The Morgan fingerprint density at radius 1 is 0.629 bits per heavy atom. The average Bonchev–Trinajstić information content (AvgIpc) is 2.60. The van der Waals surface area contributed by atoms with E-state index in [2.05, 4.69) is 0 Å². The average molecular weight is 686 g/mol. The van der Waals surface area contributed by atoms with Crippen LogP contribution in [0.5, 0.6) is 0 Å². The van der Waals surface area contributed by atoms with E-state index in [1.165, 1.54) is 6.92 Å². The summed E-state index contributed by atoms with van der Waals surface area (Å²) in [6.07, 6.45) is -7.39. The number of hydrogen-bond acceptors (Lipinski definition) is 3. The first-order valence-corrected chi connectivity index (χ1v) is 11.2. The maximum atomic E-state index is 13.7. The van der Waals surface area contributed by atoms with Crippen LogP contribution in [0, 0.1) is 10.5 Å². The minimum absolute atomic E-state index is 0.430. The Morgan fingerprint density at radius 3 is 1.23 bits per heavy atom. The summed E-state index contributed by atoms with van der Waals surface area (Å²) in [5.74, 6) is -30.4. The summed E-state index contributed by atoms with van der Waals surface area (Å²) >= 11 is -3.52. The summed E-state index contributed by atoms with van der Waals surface area (Å²) in [5, 5.41) is 0. The van der Waals surface area contributed by atoms with Crippen molar-refractivity contribution in [3.8, 4) is 0 Å². The van der Waals surface area contributed by atoms with Gasteiger partial charge >= 0.3 is 60.5 Å². The lowest BCUT2D eigenvalue weighted by atomic mass is 9.98. The third-order valence-corrected chi connectivity index (χ3v) is 6.68. The molecule has 21 heteroatoms. The highest BCUT2D eigenvalue weighted by atomic mass is 127. The van der Waals surface area contributed by atoms with Crippen molar-refractivity contribution >= 4 is 10.1 Å². The van der Waals surface area contributed by atoms with E-state index < -0.39 is 74.2 Å². The lowest BCUT2D eigenvalue weighted by Gasteiger charge is -2.36. The lowest BCUT2D eigenvalue weighted by Crippen LogP contribution is -3.68. The smallest absolute Gasteiger partial charge is 0.516 e. The molecular weight excluding hydrogens is 679 g/mol. The van der Waals surface area contributed by atoms with Crippen molar-refractivity contribution in [2.24, 2.45) is 0 Å². The molecule has 0 saturated heterocycles. The van der Waals surface area contributed by atoms with Gasteiger partial charge in [0.15, 0.2) is 13.7 Å². The predicted octanol–water partition coefficient (Wildman–Crippen LogP) is 3.00. The van der Waals surface area contributed by atoms with Gasteiger partial charge in [0.05, 0.1) is 0 Å². The SMILES string of the molecule is Cc1ccc([I+]C(F)(F)C(F)(F)C(F)(F)C(F)(F)C(F)(F)C(F)(F)F)cc1.O=S(=O)([O-])C(F)(F)F. The molecule has 0 aliphatic heterocycles. The predicted molar refractivity (Wildman–Crippen MR) is 76.4 cm³/mol. The van der Waals surface area contributed by atoms with Crippen molar-refractivity contribution in [1.29, 1.82) is 0 Å². The van der Waals surface area contributed by atoms with Crippen LogP contribution in [0.4, 0.5) is 70.2 Å². The maximum absolute atomic E-state index is 13.7. The van der Waals surface area contributed by atoms with Crippen LogP contribution < -0.4 is 21.2 Å². The van der Waals surface area contributed by atoms with Gasteiger partial charge in [-0.25, -0.2) is 8.42 Å². The summed E-state index contributed by atoms with van der Waals surface area (Å²) in [7, 11) is -6.09. The standard InChI is InChI=1S/C13H7F13I.CHF3O3S/c1-6-2-4-7(5-3-6)27-13(25,26)11(20,21)9(16,17)8(14,15)10(18,19)12(22,23)24;2-1(3,4)8(5,6)7/h2-5H,1H3;(H,5,6,7)/q+1;/p-1. The van der Waals surface area contributed by atoms with E-state index in [0.29, 0.717) is 5.56 Å². The van der Waals surface area contributed by atoms with Gasteiger partial charge in [0, 0.05) is 0 Å². The number of aryl methyl sites for hydroxylation is 1. The molecular formula is C14H7F16IO3S. The van der Waals surface area contributed by atoms with Crippen molar-refractivity contribution in [1.82, 2.24) is 0 Å². The molecule has 35 heavy (non-hydrogen) atoms. The Hall–Kier alpha value is -1.26. The largest absolute Gasteiger partial charge is 0.741 e. The van der Waals surface area contributed by atoms with E-state index in [9.17, 15) is 70.2 Å². The molecule has 0 heterocycles. The van der Waals surface area contributed by atoms with Crippen LogP contribution in [0.15, 0.2) is 24.3 Å². The van der Waals surface area contributed by atoms with Gasteiger partial charge in [0.1, 0.15) is 0 Å². The number of hydrogen-bond donors (Lipinski definition) is 0. The van der Waals surface area contributed by atoms with E-state index in [4.69, 9.17) is 13.0 Å². The van der Waals surface area contributed by atoms with Gasteiger partial charge in [-0.2, -0.15) is 70.2 Å². The second-order valence-corrected chi connectivity index (χ2v) is 10.6. The molecule has 0 N–H and O–H groups in total. The summed E-state index contributed by atoms with van der Waals surface area (Å²) < 4.78 is 221. The third kappa shape index (κ3) is 6.74. The first-order chi connectivity index (χ1) is 15.0. The second kappa shape index (κ2) is 9.89. The molecule has 0 aromatic heterocycles. The van der Waals surface area contributed by atoms with Crippen LogP contribution >= 0.6 is 0 Å². The Kier molecular flexibility index (Phi) is 9.54. The van der Waals surface area contributed by atoms with Crippen molar-refractivity contribution in [3.05, 3.63) is 33.4 Å². The van der Waals surface area contributed by atoms with E-state index in [0.717, 1.165) is 24.3 Å². The molecule has 0 unspecified atom stereocenters. The third-order valence-electron chi connectivity index (χ3n) is 3.42. The van der Waals surface area contributed by atoms with Gasteiger partial charge < -0.3 is 4.55 Å². The van der Waals surface area contributed by atoms with Gasteiger partial charge in [0.2, 0.25) is 0 Å². The molecule has 1 rings (SSSR count). The Labute approximate surface area is 194 Å². The molecule has 0 radical (unpaired) electrons. The van der Waals surface area contributed by atoms with Crippen molar-refractivity contribution in [2.75, 3.05) is 0 Å². The quantitative estimate of drug-likeness (QED) is 0.152. The van der Waals surface area contributed by atoms with Gasteiger partial charge in [0.25, 0.3) is 0 Å². The zero-order valence-electron chi connectivity index (χ0n) is 15.9. The summed E-state index contributed by atoms with van der Waals surface area (Å²) in [5.41, 5.74) is -5.22. The van der Waals surface area contributed by atoms with Crippen LogP contribution in [0.3, 0.4) is 0 Å². The van der Waals surface area contributed by atoms with Crippen LogP contribution in [0.25, 0.3) is 0 Å². The molecule has 3 nitrogen and oxygen atoms in total. The highest BCUT2D eigenvalue weighted by Gasteiger charge is 2.93. The molecule has 0 amide bonds. The van der Waals surface area contributed by atoms with Crippen LogP contribution in [0.1, 0.15) is 5.56 Å². The van der Waals surface area contributed by atoms with Crippen molar-refractivity contribution in [3.63, 3.8) is 0 Å².